The topological polar surface area (TPSA) is 50.2 Å². The van der Waals surface area contributed by atoms with Gasteiger partial charge >= 0.3 is 5.97 Å². The largest absolute Gasteiger partial charge is 0.477 e. The number of nitrogens with zero attached hydrogens (tertiary/aromatic N) is 1. The van der Waals surface area contributed by atoms with Crippen molar-refractivity contribution < 1.29 is 9.90 Å². The van der Waals surface area contributed by atoms with Gasteiger partial charge in [0.2, 0.25) is 0 Å². The summed E-state index contributed by atoms with van der Waals surface area (Å²) in [7, 11) is 0. The first-order valence-corrected chi connectivity index (χ1v) is 5.30. The summed E-state index contributed by atoms with van der Waals surface area (Å²) in [6.07, 6.45) is 0.651. The molecule has 1 unspecified atom stereocenters. The minimum absolute atomic E-state index is 0.00315. The van der Waals surface area contributed by atoms with Gasteiger partial charge < -0.3 is 5.11 Å². The molecule has 1 aromatic rings. The van der Waals surface area contributed by atoms with Crippen LogP contribution in [0.3, 0.4) is 0 Å². The molecular formula is C8H11NO2S2. The molecule has 13 heavy (non-hydrogen) atoms. The molecule has 0 fully saturated rings. The van der Waals surface area contributed by atoms with E-state index in [-0.39, 0.29) is 5.25 Å². The lowest BCUT2D eigenvalue weighted by Gasteiger charge is -1.94. The van der Waals surface area contributed by atoms with E-state index in [0.717, 1.165) is 5.01 Å². The van der Waals surface area contributed by atoms with Crippen LogP contribution >= 0.6 is 24.0 Å². The first kappa shape index (κ1) is 10.5. The first-order valence-electron chi connectivity index (χ1n) is 3.97. The molecule has 0 aliphatic carbocycles. The van der Waals surface area contributed by atoms with E-state index < -0.39 is 5.97 Å². The Hall–Kier alpha value is -0.550. The summed E-state index contributed by atoms with van der Waals surface area (Å²) in [6, 6.07) is 0. The fraction of sp³-hybridized carbons (Fsp3) is 0.500. The van der Waals surface area contributed by atoms with E-state index in [4.69, 9.17) is 5.11 Å². The third-order valence-corrected chi connectivity index (χ3v) is 3.29. The molecule has 0 spiro atoms. The number of carbonyl (C=O) groups is 1. The quantitative estimate of drug-likeness (QED) is 0.764. The fourth-order valence-electron chi connectivity index (χ4n) is 0.955. The van der Waals surface area contributed by atoms with E-state index in [1.807, 2.05) is 13.8 Å². The highest BCUT2D eigenvalue weighted by Gasteiger charge is 2.17. The lowest BCUT2D eigenvalue weighted by atomic mass is 10.3. The highest BCUT2D eigenvalue weighted by atomic mass is 32.1. The summed E-state index contributed by atoms with van der Waals surface area (Å²) >= 11 is 5.42. The van der Waals surface area contributed by atoms with Crippen molar-refractivity contribution in [2.45, 2.75) is 25.5 Å². The molecule has 1 N–H and O–H groups in total. The number of aryl methyl sites for hydroxylation is 1. The standard InChI is InChI=1S/C8H11NO2S2/c1-3-5-6(8(10)11)13-7(9-5)4(2)12/h4,12H,3H2,1-2H3,(H,10,11). The van der Waals surface area contributed by atoms with Gasteiger partial charge in [-0.15, -0.1) is 11.3 Å². The summed E-state index contributed by atoms with van der Waals surface area (Å²) in [5.74, 6) is -0.894. The van der Waals surface area contributed by atoms with Crippen molar-refractivity contribution in [1.82, 2.24) is 4.98 Å². The molecule has 1 heterocycles. The van der Waals surface area contributed by atoms with E-state index in [2.05, 4.69) is 17.6 Å². The number of thiol groups is 1. The molecular weight excluding hydrogens is 206 g/mol. The maximum absolute atomic E-state index is 10.8. The van der Waals surface area contributed by atoms with Gasteiger partial charge in [0.15, 0.2) is 0 Å². The van der Waals surface area contributed by atoms with Crippen molar-refractivity contribution in [2.75, 3.05) is 0 Å². The van der Waals surface area contributed by atoms with Crippen LogP contribution in [0.15, 0.2) is 0 Å². The molecule has 0 aromatic carbocycles. The zero-order valence-corrected chi connectivity index (χ0v) is 9.15. The van der Waals surface area contributed by atoms with E-state index >= 15 is 0 Å². The van der Waals surface area contributed by atoms with Crippen molar-refractivity contribution >= 4 is 29.9 Å². The maximum Gasteiger partial charge on any atom is 0.347 e. The normalized spacial score (nSPS) is 12.8. The Labute approximate surface area is 86.2 Å². The van der Waals surface area contributed by atoms with Crippen LogP contribution in [0.4, 0.5) is 0 Å². The predicted molar refractivity (Wildman–Crippen MR) is 55.9 cm³/mol. The van der Waals surface area contributed by atoms with Gasteiger partial charge in [-0.05, 0) is 13.3 Å². The molecule has 0 aliphatic rings. The van der Waals surface area contributed by atoms with Crippen molar-refractivity contribution in [3.8, 4) is 0 Å². The van der Waals surface area contributed by atoms with Crippen molar-refractivity contribution in [3.63, 3.8) is 0 Å². The SMILES string of the molecule is CCc1nc(C(C)S)sc1C(=O)O. The van der Waals surface area contributed by atoms with Gasteiger partial charge in [-0.25, -0.2) is 9.78 Å². The Balaban J connectivity index is 3.11. The fourth-order valence-corrected chi connectivity index (χ4v) is 2.10. The van der Waals surface area contributed by atoms with Crippen molar-refractivity contribution in [1.29, 1.82) is 0 Å². The smallest absolute Gasteiger partial charge is 0.347 e. The number of aromatic carboxylic acids is 1. The molecule has 72 valence electrons. The molecule has 5 heteroatoms. The number of rotatable bonds is 3. The minimum atomic E-state index is -0.894. The molecule has 1 aromatic heterocycles. The molecule has 1 atom stereocenters. The lowest BCUT2D eigenvalue weighted by molar-refractivity contribution is 0.0701. The van der Waals surface area contributed by atoms with E-state index in [9.17, 15) is 4.79 Å². The third kappa shape index (κ3) is 2.22. The lowest BCUT2D eigenvalue weighted by Crippen LogP contribution is -1.97. The summed E-state index contributed by atoms with van der Waals surface area (Å²) in [5.41, 5.74) is 0.661. The average molecular weight is 217 g/mol. The van der Waals surface area contributed by atoms with Gasteiger partial charge in [0.25, 0.3) is 0 Å². The van der Waals surface area contributed by atoms with Gasteiger partial charge in [0.1, 0.15) is 9.88 Å². The molecule has 3 nitrogen and oxygen atoms in total. The number of carboxylic acid groups (broad SMARTS) is 1. The van der Waals surface area contributed by atoms with Crippen LogP contribution in [0.5, 0.6) is 0 Å². The van der Waals surface area contributed by atoms with Gasteiger partial charge in [-0.2, -0.15) is 12.6 Å². The maximum atomic E-state index is 10.8. The van der Waals surface area contributed by atoms with Crippen LogP contribution < -0.4 is 0 Å². The molecule has 0 aliphatic heterocycles. The molecule has 0 amide bonds. The van der Waals surface area contributed by atoms with Crippen LogP contribution in [0.2, 0.25) is 0 Å². The zero-order valence-electron chi connectivity index (χ0n) is 7.44. The second-order valence-electron chi connectivity index (χ2n) is 2.66. The Morgan fingerprint density at radius 1 is 1.77 bits per heavy atom. The number of carboxylic acids is 1. The molecule has 0 bridgehead atoms. The highest BCUT2D eigenvalue weighted by molar-refractivity contribution is 7.80. The van der Waals surface area contributed by atoms with E-state index in [0.29, 0.717) is 17.0 Å². The van der Waals surface area contributed by atoms with Crippen molar-refractivity contribution in [2.24, 2.45) is 0 Å². The van der Waals surface area contributed by atoms with Gasteiger partial charge in [0, 0.05) is 0 Å². The average Bonchev–Trinajstić information content (AvgIpc) is 2.47. The van der Waals surface area contributed by atoms with Gasteiger partial charge in [-0.3, -0.25) is 0 Å². The highest BCUT2D eigenvalue weighted by Crippen LogP contribution is 2.27. The second-order valence-corrected chi connectivity index (χ2v) is 4.47. The first-order chi connectivity index (χ1) is 6.06. The molecule has 1 rings (SSSR count). The Bertz CT molecular complexity index is 320. The third-order valence-electron chi connectivity index (χ3n) is 1.60. The van der Waals surface area contributed by atoms with Crippen LogP contribution in [0.25, 0.3) is 0 Å². The summed E-state index contributed by atoms with van der Waals surface area (Å²) in [4.78, 5) is 15.3. The van der Waals surface area contributed by atoms with E-state index in [1.54, 1.807) is 0 Å². The monoisotopic (exact) mass is 217 g/mol. The van der Waals surface area contributed by atoms with Gasteiger partial charge in [0.05, 0.1) is 10.9 Å². The van der Waals surface area contributed by atoms with Crippen LogP contribution in [-0.2, 0) is 6.42 Å². The second kappa shape index (κ2) is 4.11. The number of thiazole rings is 1. The summed E-state index contributed by atoms with van der Waals surface area (Å²) in [5, 5.41) is 9.62. The number of aromatic nitrogens is 1. The molecule has 0 saturated heterocycles. The summed E-state index contributed by atoms with van der Waals surface area (Å²) in [6.45, 7) is 3.78. The number of hydrogen-bond acceptors (Lipinski definition) is 4. The molecule has 0 radical (unpaired) electrons. The van der Waals surface area contributed by atoms with Gasteiger partial charge in [-0.1, -0.05) is 6.92 Å². The molecule has 0 saturated carbocycles. The Kier molecular flexibility index (Phi) is 3.33. The zero-order chi connectivity index (χ0) is 10.0. The van der Waals surface area contributed by atoms with Crippen LogP contribution in [0.1, 0.15) is 39.5 Å². The number of hydrogen-bond donors (Lipinski definition) is 2. The Morgan fingerprint density at radius 3 is 2.69 bits per heavy atom. The predicted octanol–water partition coefficient (Wildman–Crippen LogP) is 2.39. The van der Waals surface area contributed by atoms with E-state index in [1.165, 1.54) is 11.3 Å². The Morgan fingerprint density at radius 2 is 2.38 bits per heavy atom. The van der Waals surface area contributed by atoms with Crippen LogP contribution in [0, 0.1) is 0 Å². The summed E-state index contributed by atoms with van der Waals surface area (Å²) < 4.78 is 0. The van der Waals surface area contributed by atoms with Crippen LogP contribution in [-0.4, -0.2) is 16.1 Å². The minimum Gasteiger partial charge on any atom is -0.477 e. The van der Waals surface area contributed by atoms with Crippen molar-refractivity contribution in [3.05, 3.63) is 15.6 Å².